The summed E-state index contributed by atoms with van der Waals surface area (Å²) in [6.45, 7) is 4.18. The molecule has 2 aromatic heterocycles. The molecular weight excluding hydrogens is 520 g/mol. The summed E-state index contributed by atoms with van der Waals surface area (Å²) in [6.07, 6.45) is 10.9. The highest BCUT2D eigenvalue weighted by Crippen LogP contribution is 2.24. The number of nitrogens with one attached hydrogen (secondary N) is 2. The molecule has 1 aliphatic heterocycles. The van der Waals surface area contributed by atoms with Crippen molar-refractivity contribution in [3.63, 3.8) is 0 Å². The number of aliphatic carboxylic acids is 1. The lowest BCUT2D eigenvalue weighted by Gasteiger charge is -2.17. The van der Waals surface area contributed by atoms with Crippen molar-refractivity contribution in [3.8, 4) is 11.1 Å². The van der Waals surface area contributed by atoms with Gasteiger partial charge in [0.15, 0.2) is 11.2 Å². The second-order valence-electron chi connectivity index (χ2n) is 10.4. The Morgan fingerprint density at radius 2 is 1.63 bits per heavy atom. The van der Waals surface area contributed by atoms with Gasteiger partial charge >= 0.3 is 11.7 Å². The van der Waals surface area contributed by atoms with Crippen molar-refractivity contribution in [3.05, 3.63) is 85.1 Å². The minimum absolute atomic E-state index is 0.108. The molecule has 2 aromatic carbocycles. The van der Waals surface area contributed by atoms with E-state index in [1.54, 1.807) is 0 Å². The number of rotatable bonds is 2. The van der Waals surface area contributed by atoms with Crippen LogP contribution in [-0.4, -0.2) is 55.9 Å². The number of aromatic nitrogens is 4. The number of carboxylic acid groups (broad SMARTS) is 1. The van der Waals surface area contributed by atoms with E-state index < -0.39 is 17.2 Å². The highest BCUT2D eigenvalue weighted by molar-refractivity contribution is 5.75. The van der Waals surface area contributed by atoms with Crippen LogP contribution in [0.4, 0.5) is 0 Å². The molecule has 3 N–H and O–H groups in total. The van der Waals surface area contributed by atoms with Crippen molar-refractivity contribution in [2.24, 2.45) is 14.1 Å². The first-order chi connectivity index (χ1) is 19.9. The Morgan fingerprint density at radius 3 is 2.34 bits per heavy atom. The first kappa shape index (κ1) is 28.3. The van der Waals surface area contributed by atoms with E-state index in [1.807, 2.05) is 0 Å². The van der Waals surface area contributed by atoms with Gasteiger partial charge in [0, 0.05) is 40.3 Å². The van der Waals surface area contributed by atoms with Gasteiger partial charge in [0.1, 0.15) is 6.54 Å². The molecule has 4 aromatic rings. The molecule has 0 atom stereocenters. The molecule has 0 spiro atoms. The Hall–Kier alpha value is -4.28. The van der Waals surface area contributed by atoms with E-state index in [9.17, 15) is 14.4 Å². The van der Waals surface area contributed by atoms with Crippen LogP contribution in [0.1, 0.15) is 24.0 Å². The maximum Gasteiger partial charge on any atom is 0.332 e. The molecule has 10 nitrogen and oxygen atoms in total. The van der Waals surface area contributed by atoms with Crippen LogP contribution in [0.5, 0.6) is 0 Å². The second kappa shape index (κ2) is 12.5. The lowest BCUT2D eigenvalue weighted by molar-refractivity contribution is -0.137. The molecule has 3 aliphatic rings. The molecule has 2 aliphatic carbocycles. The number of carboxylic acids is 1. The molecule has 0 unspecified atom stereocenters. The molecule has 0 bridgehead atoms. The van der Waals surface area contributed by atoms with Crippen molar-refractivity contribution < 1.29 is 9.90 Å². The molecule has 0 radical (unpaired) electrons. The maximum absolute atomic E-state index is 11.9. The summed E-state index contributed by atoms with van der Waals surface area (Å²) in [4.78, 5) is 38.0. The van der Waals surface area contributed by atoms with Gasteiger partial charge in [-0.25, -0.2) is 9.78 Å². The molecule has 0 amide bonds. The van der Waals surface area contributed by atoms with E-state index in [2.05, 4.69) is 64.2 Å². The van der Waals surface area contributed by atoms with Gasteiger partial charge in [-0.2, -0.15) is 0 Å². The summed E-state index contributed by atoms with van der Waals surface area (Å²) in [6, 6.07) is 13.5. The zero-order chi connectivity index (χ0) is 28.9. The normalized spacial score (nSPS) is 15.0. The van der Waals surface area contributed by atoms with Crippen molar-refractivity contribution >= 4 is 29.3 Å². The van der Waals surface area contributed by atoms with Gasteiger partial charge in [-0.05, 0) is 58.4 Å². The van der Waals surface area contributed by atoms with Crippen LogP contribution in [-0.2, 0) is 38.3 Å². The number of hydrogen-bond donors (Lipinski definition) is 3. The zero-order valence-corrected chi connectivity index (χ0v) is 23.5. The van der Waals surface area contributed by atoms with E-state index in [1.165, 1.54) is 81.5 Å². The lowest BCUT2D eigenvalue weighted by atomic mass is 9.87. The first-order valence-electron chi connectivity index (χ1n) is 14.0. The molecular formula is C31H36N6O4. The van der Waals surface area contributed by atoms with Gasteiger partial charge in [-0.1, -0.05) is 48.6 Å². The zero-order valence-electron chi connectivity index (χ0n) is 23.5. The molecule has 0 saturated carbocycles. The van der Waals surface area contributed by atoms with Crippen LogP contribution in [0.3, 0.4) is 0 Å². The van der Waals surface area contributed by atoms with Gasteiger partial charge in [0.25, 0.3) is 5.56 Å². The van der Waals surface area contributed by atoms with E-state index in [0.717, 1.165) is 37.2 Å². The van der Waals surface area contributed by atoms with E-state index in [-0.39, 0.29) is 17.7 Å². The third kappa shape index (κ3) is 5.94. The number of piperazine rings is 1. The summed E-state index contributed by atoms with van der Waals surface area (Å²) >= 11 is 0. The first-order valence-corrected chi connectivity index (χ1v) is 14.0. The lowest BCUT2D eigenvalue weighted by Crippen LogP contribution is -2.39. The SMILES string of the molecule is C1=c2c(ccc3c2=CCc2ccccc2-3)CCC1.C1CNCCN1.Cn1c(=O)c2c(ncn2CC(=O)O)n(C)c1=O. The molecule has 7 rings (SSSR count). The predicted molar refractivity (Wildman–Crippen MR) is 160 cm³/mol. The van der Waals surface area contributed by atoms with Crippen LogP contribution in [0.2, 0.25) is 0 Å². The fourth-order valence-corrected chi connectivity index (χ4v) is 5.57. The summed E-state index contributed by atoms with van der Waals surface area (Å²) in [7, 11) is 2.81. The fraction of sp³-hybridized carbons (Fsp3) is 0.355. The highest BCUT2D eigenvalue weighted by atomic mass is 16.4. The number of fused-ring (bicyclic) bond motifs is 6. The van der Waals surface area contributed by atoms with E-state index in [0.29, 0.717) is 0 Å². The Kier molecular flexibility index (Phi) is 8.61. The largest absolute Gasteiger partial charge is 0.480 e. The molecule has 1 saturated heterocycles. The van der Waals surface area contributed by atoms with Gasteiger partial charge in [-0.3, -0.25) is 18.7 Å². The molecule has 10 heteroatoms. The van der Waals surface area contributed by atoms with Crippen LogP contribution in [0.15, 0.2) is 52.3 Å². The summed E-state index contributed by atoms with van der Waals surface area (Å²) < 4.78 is 3.33. The topological polar surface area (TPSA) is 123 Å². The third-order valence-corrected chi connectivity index (χ3v) is 7.69. The average Bonchev–Trinajstić information content (AvgIpc) is 3.43. The van der Waals surface area contributed by atoms with Gasteiger partial charge in [0.05, 0.1) is 6.33 Å². The summed E-state index contributed by atoms with van der Waals surface area (Å²) in [5.41, 5.74) is 5.09. The molecule has 41 heavy (non-hydrogen) atoms. The smallest absolute Gasteiger partial charge is 0.332 e. The quantitative estimate of drug-likeness (QED) is 0.329. The summed E-state index contributed by atoms with van der Waals surface area (Å²) in [5, 5.41) is 18.1. The Bertz CT molecular complexity index is 1820. The predicted octanol–water partition coefficient (Wildman–Crippen LogP) is 0.505. The standard InChI is InChI=1S/C18H16.C9H10N4O4.C4H10N2/c1-3-7-15-13(5-1)9-11-18-16-8-4-2-6-14(16)10-12-17(15)18;1-11-7-6(8(16)12(2)9(11)17)13(4-10-7)3-5(14)15;1-2-6-4-3-5-1/h1,3,5,7-8,10-12H,2,4,6,9H2;4H,3H2,1-2H3,(H,14,15);5-6H,1-4H2. The monoisotopic (exact) mass is 556 g/mol. The highest BCUT2D eigenvalue weighted by Gasteiger charge is 2.15. The maximum atomic E-state index is 11.9. The number of aryl methyl sites for hydroxylation is 2. The van der Waals surface area contributed by atoms with Crippen LogP contribution < -0.4 is 32.3 Å². The number of carbonyl (C=O) groups is 1. The minimum atomic E-state index is -1.08. The summed E-state index contributed by atoms with van der Waals surface area (Å²) in [5.74, 6) is -1.08. The average molecular weight is 557 g/mol. The molecule has 1 fully saturated rings. The Labute approximate surface area is 237 Å². The van der Waals surface area contributed by atoms with Gasteiger partial charge in [0.2, 0.25) is 0 Å². The number of imidazole rings is 1. The number of hydrogen-bond acceptors (Lipinski definition) is 6. The third-order valence-electron chi connectivity index (χ3n) is 7.69. The van der Waals surface area contributed by atoms with E-state index >= 15 is 0 Å². The van der Waals surface area contributed by atoms with Crippen molar-refractivity contribution in [1.82, 2.24) is 29.3 Å². The molecule has 214 valence electrons. The number of benzene rings is 2. The fourth-order valence-electron chi connectivity index (χ4n) is 5.57. The van der Waals surface area contributed by atoms with Gasteiger partial charge in [-0.15, -0.1) is 0 Å². The van der Waals surface area contributed by atoms with Crippen molar-refractivity contribution in [1.29, 1.82) is 0 Å². The van der Waals surface area contributed by atoms with Crippen molar-refractivity contribution in [2.45, 2.75) is 32.2 Å². The van der Waals surface area contributed by atoms with Gasteiger partial charge < -0.3 is 20.3 Å². The van der Waals surface area contributed by atoms with Crippen LogP contribution in [0.25, 0.3) is 34.4 Å². The second-order valence-corrected chi connectivity index (χ2v) is 10.4. The minimum Gasteiger partial charge on any atom is -0.480 e. The van der Waals surface area contributed by atoms with Crippen molar-refractivity contribution in [2.75, 3.05) is 26.2 Å². The van der Waals surface area contributed by atoms with E-state index in [4.69, 9.17) is 5.11 Å². The Balaban J connectivity index is 0.000000138. The molecule has 3 heterocycles. The number of nitrogens with zero attached hydrogens (tertiary/aromatic N) is 4. The van der Waals surface area contributed by atoms with Crippen LogP contribution in [0, 0.1) is 0 Å². The Morgan fingerprint density at radius 1 is 0.902 bits per heavy atom. The van der Waals surface area contributed by atoms with Crippen LogP contribution >= 0.6 is 0 Å².